The van der Waals surface area contributed by atoms with Gasteiger partial charge in [0.2, 0.25) is 0 Å². The fourth-order valence-corrected chi connectivity index (χ4v) is 1.04. The van der Waals surface area contributed by atoms with Gasteiger partial charge in [-0.3, -0.25) is 0 Å². The SMILES string of the molecule is CN(O)Cc1ccc(O)c(C#N)c1. The van der Waals surface area contributed by atoms with Crippen LogP contribution < -0.4 is 0 Å². The van der Waals surface area contributed by atoms with Gasteiger partial charge in [0, 0.05) is 13.6 Å². The zero-order valence-electron chi connectivity index (χ0n) is 7.23. The highest BCUT2D eigenvalue weighted by molar-refractivity contribution is 5.44. The Morgan fingerprint density at radius 2 is 2.23 bits per heavy atom. The quantitative estimate of drug-likeness (QED) is 0.665. The topological polar surface area (TPSA) is 67.5 Å². The van der Waals surface area contributed by atoms with Crippen molar-refractivity contribution in [2.75, 3.05) is 7.05 Å². The smallest absolute Gasteiger partial charge is 0.133 e. The van der Waals surface area contributed by atoms with Crippen molar-refractivity contribution in [3.05, 3.63) is 29.3 Å². The summed E-state index contributed by atoms with van der Waals surface area (Å²) in [5.41, 5.74) is 0.999. The summed E-state index contributed by atoms with van der Waals surface area (Å²) in [6.45, 7) is 0.328. The summed E-state index contributed by atoms with van der Waals surface area (Å²) in [5.74, 6) is -0.0353. The Morgan fingerprint density at radius 3 is 2.77 bits per heavy atom. The number of aromatic hydroxyl groups is 1. The van der Waals surface area contributed by atoms with Crippen LogP contribution in [0.5, 0.6) is 5.75 Å². The maximum absolute atomic E-state index is 9.17. The Morgan fingerprint density at radius 1 is 1.54 bits per heavy atom. The summed E-state index contributed by atoms with van der Waals surface area (Å²) >= 11 is 0. The fourth-order valence-electron chi connectivity index (χ4n) is 1.04. The number of benzene rings is 1. The molecule has 0 amide bonds. The van der Waals surface area contributed by atoms with E-state index in [1.807, 2.05) is 6.07 Å². The van der Waals surface area contributed by atoms with Crippen molar-refractivity contribution in [1.29, 1.82) is 5.26 Å². The van der Waals surface area contributed by atoms with Crippen LogP contribution in [-0.4, -0.2) is 22.4 Å². The predicted octanol–water partition coefficient (Wildman–Crippen LogP) is 1.08. The first kappa shape index (κ1) is 9.52. The highest BCUT2D eigenvalue weighted by atomic mass is 16.5. The van der Waals surface area contributed by atoms with Crippen molar-refractivity contribution in [3.63, 3.8) is 0 Å². The lowest BCUT2D eigenvalue weighted by molar-refractivity contribution is -0.0731. The molecule has 0 radical (unpaired) electrons. The van der Waals surface area contributed by atoms with Crippen LogP contribution in [-0.2, 0) is 6.54 Å². The van der Waals surface area contributed by atoms with Crippen LogP contribution in [0.15, 0.2) is 18.2 Å². The standard InChI is InChI=1S/C9H10N2O2/c1-11(13)6-7-2-3-9(12)8(4-7)5-10/h2-4,12-13H,6H2,1H3. The van der Waals surface area contributed by atoms with Crippen molar-refractivity contribution in [2.24, 2.45) is 0 Å². The number of hydrogen-bond acceptors (Lipinski definition) is 4. The van der Waals surface area contributed by atoms with Crippen molar-refractivity contribution >= 4 is 0 Å². The number of phenols is 1. The molecule has 0 fully saturated rings. The average Bonchev–Trinajstić information content (AvgIpc) is 2.07. The molecule has 2 N–H and O–H groups in total. The minimum Gasteiger partial charge on any atom is -0.507 e. The summed E-state index contributed by atoms with van der Waals surface area (Å²) in [6.07, 6.45) is 0. The van der Waals surface area contributed by atoms with Gasteiger partial charge in [-0.2, -0.15) is 10.3 Å². The molecule has 0 aliphatic heterocycles. The van der Waals surface area contributed by atoms with Crippen LogP contribution in [0.1, 0.15) is 11.1 Å². The molecule has 1 aromatic carbocycles. The lowest BCUT2D eigenvalue weighted by Crippen LogP contribution is -2.11. The van der Waals surface area contributed by atoms with Crippen molar-refractivity contribution in [3.8, 4) is 11.8 Å². The molecule has 1 aromatic rings. The molecule has 0 unspecified atom stereocenters. The number of hydrogen-bond donors (Lipinski definition) is 2. The minimum absolute atomic E-state index is 0.0353. The Labute approximate surface area is 76.2 Å². The summed E-state index contributed by atoms with van der Waals surface area (Å²) < 4.78 is 0. The van der Waals surface area contributed by atoms with Crippen LogP contribution in [0.3, 0.4) is 0 Å². The third-order valence-corrected chi connectivity index (χ3v) is 1.59. The van der Waals surface area contributed by atoms with Crippen molar-refractivity contribution in [2.45, 2.75) is 6.54 Å². The van der Waals surface area contributed by atoms with E-state index in [0.717, 1.165) is 10.6 Å². The molecule has 4 heteroatoms. The monoisotopic (exact) mass is 178 g/mol. The average molecular weight is 178 g/mol. The van der Waals surface area contributed by atoms with Gasteiger partial charge in [-0.15, -0.1) is 0 Å². The molecule has 0 atom stereocenters. The minimum atomic E-state index is -0.0353. The maximum atomic E-state index is 9.17. The number of phenolic OH excluding ortho intramolecular Hbond substituents is 1. The number of hydroxylamine groups is 2. The Balaban J connectivity index is 2.95. The molecular formula is C9H10N2O2. The van der Waals surface area contributed by atoms with Gasteiger partial charge in [0.05, 0.1) is 5.56 Å². The van der Waals surface area contributed by atoms with E-state index in [1.165, 1.54) is 13.1 Å². The third kappa shape index (κ3) is 2.44. The Kier molecular flexibility index (Phi) is 2.85. The third-order valence-electron chi connectivity index (χ3n) is 1.59. The molecule has 0 aliphatic rings. The maximum Gasteiger partial charge on any atom is 0.133 e. The molecule has 0 heterocycles. The summed E-state index contributed by atoms with van der Waals surface area (Å²) in [6, 6.07) is 6.50. The van der Waals surface area contributed by atoms with Crippen LogP contribution >= 0.6 is 0 Å². The zero-order valence-corrected chi connectivity index (χ0v) is 7.23. The normalized spacial score (nSPS) is 10.0. The zero-order chi connectivity index (χ0) is 9.84. The molecule has 0 aromatic heterocycles. The Hall–Kier alpha value is -1.57. The van der Waals surface area contributed by atoms with Gasteiger partial charge in [-0.05, 0) is 17.7 Å². The molecular weight excluding hydrogens is 168 g/mol. The van der Waals surface area contributed by atoms with Crippen molar-refractivity contribution < 1.29 is 10.3 Å². The van der Waals surface area contributed by atoms with Crippen LogP contribution in [0.2, 0.25) is 0 Å². The number of rotatable bonds is 2. The van der Waals surface area contributed by atoms with Gasteiger partial charge in [0.15, 0.2) is 0 Å². The first-order valence-electron chi connectivity index (χ1n) is 3.75. The van der Waals surface area contributed by atoms with E-state index >= 15 is 0 Å². The van der Waals surface area contributed by atoms with Gasteiger partial charge < -0.3 is 10.3 Å². The van der Waals surface area contributed by atoms with E-state index in [9.17, 15) is 5.11 Å². The van der Waals surface area contributed by atoms with Crippen molar-refractivity contribution in [1.82, 2.24) is 5.06 Å². The molecule has 1 rings (SSSR count). The lowest BCUT2D eigenvalue weighted by Gasteiger charge is -2.08. The van der Waals surface area contributed by atoms with E-state index in [-0.39, 0.29) is 11.3 Å². The van der Waals surface area contributed by atoms with Gasteiger partial charge in [-0.1, -0.05) is 6.07 Å². The molecule has 0 bridgehead atoms. The van der Waals surface area contributed by atoms with Gasteiger partial charge in [0.25, 0.3) is 0 Å². The second-order valence-electron chi connectivity index (χ2n) is 2.78. The summed E-state index contributed by atoms with van der Waals surface area (Å²) in [7, 11) is 1.51. The highest BCUT2D eigenvalue weighted by Gasteiger charge is 2.02. The largest absolute Gasteiger partial charge is 0.507 e. The first-order valence-corrected chi connectivity index (χ1v) is 3.75. The fraction of sp³-hybridized carbons (Fsp3) is 0.222. The molecule has 13 heavy (non-hydrogen) atoms. The van der Waals surface area contributed by atoms with Crippen LogP contribution in [0.25, 0.3) is 0 Å². The van der Waals surface area contributed by atoms with Gasteiger partial charge in [0.1, 0.15) is 11.8 Å². The van der Waals surface area contributed by atoms with E-state index < -0.39 is 0 Å². The Bertz CT molecular complexity index is 342. The molecule has 0 spiro atoms. The van der Waals surface area contributed by atoms with E-state index in [0.29, 0.717) is 6.54 Å². The molecule has 0 saturated heterocycles. The van der Waals surface area contributed by atoms with E-state index in [1.54, 1.807) is 12.1 Å². The second kappa shape index (κ2) is 3.90. The summed E-state index contributed by atoms with van der Waals surface area (Å²) in [5, 5.41) is 27.7. The first-order chi connectivity index (χ1) is 6.13. The molecule has 4 nitrogen and oxygen atoms in total. The summed E-state index contributed by atoms with van der Waals surface area (Å²) in [4.78, 5) is 0. The van der Waals surface area contributed by atoms with Gasteiger partial charge >= 0.3 is 0 Å². The van der Waals surface area contributed by atoms with E-state index in [4.69, 9.17) is 10.5 Å². The van der Waals surface area contributed by atoms with Gasteiger partial charge in [-0.25, -0.2) is 0 Å². The highest BCUT2D eigenvalue weighted by Crippen LogP contribution is 2.17. The molecule has 68 valence electrons. The van der Waals surface area contributed by atoms with Crippen LogP contribution in [0.4, 0.5) is 0 Å². The number of nitrogens with zero attached hydrogens (tertiary/aromatic N) is 2. The lowest BCUT2D eigenvalue weighted by atomic mass is 10.1. The van der Waals surface area contributed by atoms with E-state index in [2.05, 4.69) is 0 Å². The predicted molar refractivity (Wildman–Crippen MR) is 46.1 cm³/mol. The van der Waals surface area contributed by atoms with Crippen LogP contribution in [0, 0.1) is 11.3 Å². The second-order valence-corrected chi connectivity index (χ2v) is 2.78. The molecule has 0 saturated carbocycles. The molecule has 0 aliphatic carbocycles. The number of nitriles is 1.